The number of hydrogen-bond donors (Lipinski definition) is 0. The molecule has 0 radical (unpaired) electrons. The van der Waals surface area contributed by atoms with Crippen molar-refractivity contribution >= 4 is 5.97 Å². The minimum Gasteiger partial charge on any atom is -0.467 e. The smallest absolute Gasteiger partial charge is 0.340 e. The van der Waals surface area contributed by atoms with Gasteiger partial charge in [-0.3, -0.25) is 0 Å². The fraction of sp³-hybridized carbons (Fsp3) is 0.923. The maximum absolute atomic E-state index is 11.3. The molecule has 1 unspecified atom stereocenters. The molecule has 1 saturated carbocycles. The Kier molecular flexibility index (Phi) is 4.40. The molecule has 0 aromatic heterocycles. The second-order valence-corrected chi connectivity index (χ2v) is 5.08. The Hall–Kier alpha value is -0.610. The van der Waals surface area contributed by atoms with Crippen molar-refractivity contribution in [2.45, 2.75) is 44.1 Å². The fourth-order valence-electron chi connectivity index (χ4n) is 2.23. The summed E-state index contributed by atoms with van der Waals surface area (Å²) in [4.78, 5) is 11.3. The van der Waals surface area contributed by atoms with E-state index in [9.17, 15) is 4.79 Å². The average molecular weight is 242 g/mol. The number of carbonyl (C=O) groups is 1. The van der Waals surface area contributed by atoms with Gasteiger partial charge in [-0.2, -0.15) is 0 Å². The molecule has 98 valence electrons. The molecule has 17 heavy (non-hydrogen) atoms. The van der Waals surface area contributed by atoms with Crippen LogP contribution in [0.2, 0.25) is 0 Å². The van der Waals surface area contributed by atoms with Crippen molar-refractivity contribution in [2.24, 2.45) is 5.92 Å². The topological polar surface area (TPSA) is 48.1 Å². The van der Waals surface area contributed by atoms with E-state index in [4.69, 9.17) is 9.47 Å². The summed E-state index contributed by atoms with van der Waals surface area (Å²) in [7, 11) is 1.39. The quantitative estimate of drug-likeness (QED) is 0.370. The van der Waals surface area contributed by atoms with Crippen LogP contribution in [-0.4, -0.2) is 38.5 Å². The average Bonchev–Trinajstić information content (AvgIpc) is 3.05. The number of methoxy groups -OCH3 is 1. The second kappa shape index (κ2) is 5.83. The van der Waals surface area contributed by atoms with E-state index in [-0.39, 0.29) is 5.97 Å². The normalized spacial score (nSPS) is 27.6. The Bertz CT molecular complexity index is 256. The van der Waals surface area contributed by atoms with Gasteiger partial charge in [0.15, 0.2) is 5.60 Å². The van der Waals surface area contributed by atoms with Gasteiger partial charge in [0.25, 0.3) is 0 Å². The summed E-state index contributed by atoms with van der Waals surface area (Å²) in [5, 5.41) is 0. The molecule has 4 heteroatoms. The van der Waals surface area contributed by atoms with Crippen LogP contribution in [0.25, 0.3) is 0 Å². The van der Waals surface area contributed by atoms with E-state index in [0.717, 1.165) is 18.9 Å². The lowest BCUT2D eigenvalue weighted by atomic mass is 9.82. The molecule has 4 nitrogen and oxygen atoms in total. The van der Waals surface area contributed by atoms with Gasteiger partial charge in [-0.05, 0) is 18.8 Å². The third-order valence-electron chi connectivity index (χ3n) is 3.83. The molecular formula is C13H22O4. The first-order valence-corrected chi connectivity index (χ1v) is 6.57. The lowest BCUT2D eigenvalue weighted by Crippen LogP contribution is -2.27. The van der Waals surface area contributed by atoms with Crippen LogP contribution in [0.5, 0.6) is 0 Å². The Balaban J connectivity index is 1.47. The summed E-state index contributed by atoms with van der Waals surface area (Å²) < 4.78 is 15.4. The fourth-order valence-corrected chi connectivity index (χ4v) is 2.23. The highest BCUT2D eigenvalue weighted by Crippen LogP contribution is 2.32. The van der Waals surface area contributed by atoms with Crippen molar-refractivity contribution in [2.75, 3.05) is 26.9 Å². The Morgan fingerprint density at radius 3 is 2.71 bits per heavy atom. The predicted molar refractivity (Wildman–Crippen MR) is 62.7 cm³/mol. The van der Waals surface area contributed by atoms with Gasteiger partial charge in [-0.25, -0.2) is 4.79 Å². The minimum atomic E-state index is -0.678. The number of hydrogen-bond acceptors (Lipinski definition) is 4. The summed E-state index contributed by atoms with van der Waals surface area (Å²) in [6, 6.07) is 0. The largest absolute Gasteiger partial charge is 0.467 e. The van der Waals surface area contributed by atoms with Crippen LogP contribution in [0.3, 0.4) is 0 Å². The third kappa shape index (κ3) is 3.42. The highest BCUT2D eigenvalue weighted by Gasteiger charge is 2.53. The molecule has 0 aromatic carbocycles. The maximum atomic E-state index is 11.3. The lowest BCUT2D eigenvalue weighted by Gasteiger charge is -2.24. The Labute approximate surface area is 103 Å². The zero-order chi connectivity index (χ0) is 12.1. The number of esters is 1. The summed E-state index contributed by atoms with van der Waals surface area (Å²) >= 11 is 0. The first kappa shape index (κ1) is 12.8. The molecule has 1 saturated heterocycles. The number of rotatable bonds is 8. The summed E-state index contributed by atoms with van der Waals surface area (Å²) in [6.07, 6.45) is 7.25. The first-order valence-electron chi connectivity index (χ1n) is 6.57. The molecular weight excluding hydrogens is 220 g/mol. The number of epoxide rings is 1. The molecule has 2 rings (SSSR count). The molecule has 0 N–H and O–H groups in total. The van der Waals surface area contributed by atoms with Crippen LogP contribution in [0.15, 0.2) is 0 Å². The highest BCUT2D eigenvalue weighted by atomic mass is 16.6. The van der Waals surface area contributed by atoms with Gasteiger partial charge in [0.05, 0.1) is 13.7 Å². The Morgan fingerprint density at radius 1 is 1.41 bits per heavy atom. The van der Waals surface area contributed by atoms with Crippen molar-refractivity contribution in [3.05, 3.63) is 0 Å². The van der Waals surface area contributed by atoms with Crippen LogP contribution in [-0.2, 0) is 19.0 Å². The monoisotopic (exact) mass is 242 g/mol. The molecule has 0 spiro atoms. The molecule has 0 aromatic rings. The van der Waals surface area contributed by atoms with Gasteiger partial charge < -0.3 is 14.2 Å². The lowest BCUT2D eigenvalue weighted by molar-refractivity contribution is -0.147. The van der Waals surface area contributed by atoms with Crippen molar-refractivity contribution in [1.29, 1.82) is 0 Å². The maximum Gasteiger partial charge on any atom is 0.340 e. The van der Waals surface area contributed by atoms with Gasteiger partial charge >= 0.3 is 5.97 Å². The SMILES string of the molecule is COC(=O)C1(CCOCCCC2CCC2)CO1. The minimum absolute atomic E-state index is 0.268. The third-order valence-corrected chi connectivity index (χ3v) is 3.83. The predicted octanol–water partition coefficient (Wildman–Crippen LogP) is 1.92. The van der Waals surface area contributed by atoms with Gasteiger partial charge in [0.2, 0.25) is 0 Å². The molecule has 0 bridgehead atoms. The van der Waals surface area contributed by atoms with E-state index in [1.807, 2.05) is 0 Å². The standard InChI is InChI=1S/C13H22O4/c1-15-12(14)13(10-17-13)7-9-16-8-3-6-11-4-2-5-11/h11H,2-10H2,1H3. The molecule has 0 amide bonds. The van der Waals surface area contributed by atoms with E-state index in [1.54, 1.807) is 0 Å². The van der Waals surface area contributed by atoms with E-state index in [0.29, 0.717) is 19.6 Å². The zero-order valence-corrected chi connectivity index (χ0v) is 10.6. The van der Waals surface area contributed by atoms with Crippen LogP contribution in [0.1, 0.15) is 38.5 Å². The summed E-state index contributed by atoms with van der Waals surface area (Å²) in [5.41, 5.74) is -0.678. The molecule has 1 heterocycles. The molecule has 2 aliphatic rings. The number of carbonyl (C=O) groups excluding carboxylic acids is 1. The molecule has 1 atom stereocenters. The van der Waals surface area contributed by atoms with E-state index < -0.39 is 5.60 Å². The van der Waals surface area contributed by atoms with E-state index in [2.05, 4.69) is 4.74 Å². The van der Waals surface area contributed by atoms with Crippen LogP contribution in [0.4, 0.5) is 0 Å². The van der Waals surface area contributed by atoms with Crippen molar-refractivity contribution in [3.63, 3.8) is 0 Å². The van der Waals surface area contributed by atoms with Gasteiger partial charge in [-0.15, -0.1) is 0 Å². The van der Waals surface area contributed by atoms with E-state index >= 15 is 0 Å². The first-order chi connectivity index (χ1) is 8.27. The summed E-state index contributed by atoms with van der Waals surface area (Å²) in [6.45, 7) is 1.86. The number of ether oxygens (including phenoxy) is 3. The molecule has 2 fully saturated rings. The summed E-state index contributed by atoms with van der Waals surface area (Å²) in [5.74, 6) is 0.683. The molecule has 1 aliphatic carbocycles. The van der Waals surface area contributed by atoms with E-state index in [1.165, 1.54) is 32.8 Å². The van der Waals surface area contributed by atoms with Crippen molar-refractivity contribution in [1.82, 2.24) is 0 Å². The van der Waals surface area contributed by atoms with Gasteiger partial charge in [-0.1, -0.05) is 19.3 Å². The van der Waals surface area contributed by atoms with Crippen molar-refractivity contribution < 1.29 is 19.0 Å². The van der Waals surface area contributed by atoms with Crippen LogP contribution < -0.4 is 0 Å². The van der Waals surface area contributed by atoms with Gasteiger partial charge in [0.1, 0.15) is 0 Å². The zero-order valence-electron chi connectivity index (χ0n) is 10.6. The Morgan fingerprint density at radius 2 is 2.18 bits per heavy atom. The molecule has 1 aliphatic heterocycles. The van der Waals surface area contributed by atoms with Crippen LogP contribution >= 0.6 is 0 Å². The second-order valence-electron chi connectivity index (χ2n) is 5.08. The highest BCUT2D eigenvalue weighted by molar-refractivity contribution is 5.82. The van der Waals surface area contributed by atoms with Crippen LogP contribution in [0, 0.1) is 5.92 Å². The van der Waals surface area contributed by atoms with Gasteiger partial charge in [0, 0.05) is 19.6 Å². The van der Waals surface area contributed by atoms with Crippen molar-refractivity contribution in [3.8, 4) is 0 Å².